The van der Waals surface area contributed by atoms with E-state index in [1.807, 2.05) is 6.92 Å². The Bertz CT molecular complexity index is 492. The third-order valence-corrected chi connectivity index (χ3v) is 2.41. The van der Waals surface area contributed by atoms with Gasteiger partial charge in [-0.2, -0.15) is 4.99 Å². The average molecular weight is 250 g/mol. The molecule has 0 aromatic heterocycles. The largest absolute Gasteiger partial charge is 0.496 e. The van der Waals surface area contributed by atoms with Crippen LogP contribution >= 0.6 is 12.2 Å². The van der Waals surface area contributed by atoms with Crippen LogP contribution in [0.15, 0.2) is 17.1 Å². The maximum atomic E-state index is 11.9. The van der Waals surface area contributed by atoms with Gasteiger partial charge in [0.15, 0.2) is 0 Å². The summed E-state index contributed by atoms with van der Waals surface area (Å²) in [6.07, 6.45) is 0. The predicted octanol–water partition coefficient (Wildman–Crippen LogP) is 2.44. The Kier molecular flexibility index (Phi) is 4.37. The summed E-state index contributed by atoms with van der Waals surface area (Å²) in [4.78, 5) is 17.4. The van der Waals surface area contributed by atoms with Crippen LogP contribution in [0.1, 0.15) is 15.9 Å². The van der Waals surface area contributed by atoms with Gasteiger partial charge in [-0.05, 0) is 36.8 Å². The summed E-state index contributed by atoms with van der Waals surface area (Å²) < 4.78 is 5.19. The quantitative estimate of drug-likeness (QED) is 0.611. The summed E-state index contributed by atoms with van der Waals surface area (Å²) in [6, 6.07) is 3.43. The van der Waals surface area contributed by atoms with Gasteiger partial charge in [-0.15, -0.1) is 0 Å². The molecule has 0 spiro atoms. The number of hydrogen-bond acceptors (Lipinski definition) is 4. The summed E-state index contributed by atoms with van der Waals surface area (Å²) >= 11 is 4.57. The SMILES string of the molecule is COc1cc(C)c(N=C=S)cc1C(=O)N(C)C. The minimum Gasteiger partial charge on any atom is -0.496 e. The Labute approximate surface area is 106 Å². The van der Waals surface area contributed by atoms with Crippen molar-refractivity contribution >= 4 is 29.0 Å². The Morgan fingerprint density at radius 1 is 1.47 bits per heavy atom. The van der Waals surface area contributed by atoms with Gasteiger partial charge < -0.3 is 9.64 Å². The van der Waals surface area contributed by atoms with Crippen molar-refractivity contribution in [1.29, 1.82) is 0 Å². The van der Waals surface area contributed by atoms with Crippen molar-refractivity contribution in [2.24, 2.45) is 4.99 Å². The molecule has 0 heterocycles. The first-order chi connectivity index (χ1) is 8.01. The smallest absolute Gasteiger partial charge is 0.257 e. The molecule has 0 bridgehead atoms. The summed E-state index contributed by atoms with van der Waals surface area (Å²) in [5.41, 5.74) is 1.98. The van der Waals surface area contributed by atoms with E-state index in [1.54, 1.807) is 26.2 Å². The zero-order valence-corrected chi connectivity index (χ0v) is 11.1. The molecule has 1 aromatic rings. The lowest BCUT2D eigenvalue weighted by molar-refractivity contribution is 0.0824. The van der Waals surface area contributed by atoms with Crippen LogP contribution in [0.4, 0.5) is 5.69 Å². The van der Waals surface area contributed by atoms with E-state index in [9.17, 15) is 4.79 Å². The van der Waals surface area contributed by atoms with E-state index in [0.29, 0.717) is 17.0 Å². The highest BCUT2D eigenvalue weighted by Gasteiger charge is 2.16. The number of methoxy groups -OCH3 is 1. The summed E-state index contributed by atoms with van der Waals surface area (Å²) in [5.74, 6) is 0.396. The van der Waals surface area contributed by atoms with Crippen molar-refractivity contribution in [3.63, 3.8) is 0 Å². The van der Waals surface area contributed by atoms with Crippen molar-refractivity contribution in [1.82, 2.24) is 4.90 Å². The van der Waals surface area contributed by atoms with Crippen LogP contribution in [0.2, 0.25) is 0 Å². The normalized spacial score (nSPS) is 9.41. The van der Waals surface area contributed by atoms with Gasteiger partial charge in [-0.1, -0.05) is 0 Å². The predicted molar refractivity (Wildman–Crippen MR) is 70.4 cm³/mol. The monoisotopic (exact) mass is 250 g/mol. The molecular formula is C12H14N2O2S. The number of nitrogens with zero attached hydrogens (tertiary/aromatic N) is 2. The minimum atomic E-state index is -0.136. The van der Waals surface area contributed by atoms with Crippen molar-refractivity contribution in [3.8, 4) is 5.75 Å². The highest BCUT2D eigenvalue weighted by molar-refractivity contribution is 7.78. The van der Waals surface area contributed by atoms with Gasteiger partial charge in [-0.25, -0.2) is 0 Å². The molecule has 0 aliphatic rings. The molecule has 0 saturated carbocycles. The number of benzene rings is 1. The second-order valence-electron chi connectivity index (χ2n) is 3.74. The van der Waals surface area contributed by atoms with Crippen molar-refractivity contribution in [2.75, 3.05) is 21.2 Å². The molecule has 0 aliphatic carbocycles. The lowest BCUT2D eigenvalue weighted by Gasteiger charge is -2.14. The minimum absolute atomic E-state index is 0.136. The molecule has 17 heavy (non-hydrogen) atoms. The van der Waals surface area contributed by atoms with Gasteiger partial charge in [0.05, 0.1) is 23.5 Å². The van der Waals surface area contributed by atoms with E-state index < -0.39 is 0 Å². The molecule has 4 nitrogen and oxygen atoms in total. The van der Waals surface area contributed by atoms with Crippen LogP contribution in [-0.2, 0) is 0 Å². The number of aryl methyl sites for hydroxylation is 1. The molecule has 0 atom stereocenters. The zero-order valence-electron chi connectivity index (χ0n) is 10.3. The van der Waals surface area contributed by atoms with Gasteiger partial charge in [-0.3, -0.25) is 4.79 Å². The van der Waals surface area contributed by atoms with Crippen molar-refractivity contribution in [3.05, 3.63) is 23.3 Å². The molecule has 0 aliphatic heterocycles. The Hall–Kier alpha value is -1.71. The number of thiocarbonyl (C=S) groups is 1. The molecule has 0 saturated heterocycles. The second kappa shape index (κ2) is 5.57. The molecule has 1 rings (SSSR count). The van der Waals surface area contributed by atoms with Crippen LogP contribution in [0, 0.1) is 6.92 Å². The highest BCUT2D eigenvalue weighted by atomic mass is 32.1. The van der Waals surface area contributed by atoms with Gasteiger partial charge in [0.1, 0.15) is 5.75 Å². The summed E-state index contributed by atoms with van der Waals surface area (Å²) in [6.45, 7) is 1.87. The first-order valence-electron chi connectivity index (χ1n) is 4.99. The first kappa shape index (κ1) is 13.4. The van der Waals surface area contributed by atoms with Crippen LogP contribution < -0.4 is 4.74 Å². The number of isothiocyanates is 1. The lowest BCUT2D eigenvalue weighted by Crippen LogP contribution is -2.22. The van der Waals surface area contributed by atoms with Crippen LogP contribution in [0.3, 0.4) is 0 Å². The number of ether oxygens (including phenoxy) is 1. The Morgan fingerprint density at radius 3 is 2.59 bits per heavy atom. The van der Waals surface area contributed by atoms with Gasteiger partial charge in [0.2, 0.25) is 0 Å². The fourth-order valence-electron chi connectivity index (χ4n) is 1.42. The van der Waals surface area contributed by atoms with E-state index in [-0.39, 0.29) is 5.91 Å². The van der Waals surface area contributed by atoms with E-state index in [0.717, 1.165) is 5.56 Å². The fraction of sp³-hybridized carbons (Fsp3) is 0.333. The summed E-state index contributed by atoms with van der Waals surface area (Å²) in [7, 11) is 4.90. The number of carbonyl (C=O) groups is 1. The fourth-order valence-corrected chi connectivity index (χ4v) is 1.51. The number of rotatable bonds is 3. The van der Waals surface area contributed by atoms with Gasteiger partial charge in [0, 0.05) is 14.1 Å². The molecular weight excluding hydrogens is 236 g/mol. The van der Waals surface area contributed by atoms with E-state index in [4.69, 9.17) is 4.74 Å². The Morgan fingerprint density at radius 2 is 2.12 bits per heavy atom. The van der Waals surface area contributed by atoms with E-state index >= 15 is 0 Å². The molecule has 1 aromatic carbocycles. The van der Waals surface area contributed by atoms with Crippen LogP contribution in [0.5, 0.6) is 5.75 Å². The standard InChI is InChI=1S/C12H14N2O2S/c1-8-5-11(16-4)9(12(15)14(2)3)6-10(8)13-7-17/h5-6H,1-4H3. The molecule has 0 unspecified atom stereocenters. The highest BCUT2D eigenvalue weighted by Crippen LogP contribution is 2.29. The van der Waals surface area contributed by atoms with Crippen molar-refractivity contribution < 1.29 is 9.53 Å². The van der Waals surface area contributed by atoms with Gasteiger partial charge >= 0.3 is 0 Å². The Balaban J connectivity index is 3.41. The molecule has 5 heteroatoms. The van der Waals surface area contributed by atoms with E-state index in [2.05, 4.69) is 22.4 Å². The molecule has 0 radical (unpaired) electrons. The lowest BCUT2D eigenvalue weighted by atomic mass is 10.1. The summed E-state index contributed by atoms with van der Waals surface area (Å²) in [5, 5.41) is 2.30. The topological polar surface area (TPSA) is 41.9 Å². The number of hydrogen-bond donors (Lipinski definition) is 0. The molecule has 90 valence electrons. The van der Waals surface area contributed by atoms with Gasteiger partial charge in [0.25, 0.3) is 5.91 Å². The number of aliphatic imine (C=N–C) groups is 1. The first-order valence-corrected chi connectivity index (χ1v) is 5.40. The molecule has 0 N–H and O–H groups in total. The van der Waals surface area contributed by atoms with E-state index in [1.165, 1.54) is 12.0 Å². The molecule has 1 amide bonds. The van der Waals surface area contributed by atoms with Crippen LogP contribution in [0.25, 0.3) is 0 Å². The maximum Gasteiger partial charge on any atom is 0.257 e. The number of carbonyl (C=O) groups excluding carboxylic acids is 1. The average Bonchev–Trinajstić information content (AvgIpc) is 2.30. The maximum absolute atomic E-state index is 11.9. The van der Waals surface area contributed by atoms with Crippen molar-refractivity contribution in [2.45, 2.75) is 6.92 Å². The zero-order chi connectivity index (χ0) is 13.0. The third kappa shape index (κ3) is 2.90. The van der Waals surface area contributed by atoms with Crippen LogP contribution in [-0.4, -0.2) is 37.2 Å². The third-order valence-electron chi connectivity index (χ3n) is 2.32. The number of amides is 1. The second-order valence-corrected chi connectivity index (χ2v) is 3.92. The molecule has 0 fully saturated rings.